The van der Waals surface area contributed by atoms with Gasteiger partial charge < -0.3 is 5.32 Å². The summed E-state index contributed by atoms with van der Waals surface area (Å²) < 4.78 is 0. The zero-order chi connectivity index (χ0) is 14.7. The quantitative estimate of drug-likeness (QED) is 0.738. The van der Waals surface area contributed by atoms with Crippen molar-refractivity contribution in [2.24, 2.45) is 29.6 Å². The number of carbonyl (C=O) groups is 1. The number of amides is 1. The molecule has 3 heteroatoms. The van der Waals surface area contributed by atoms with Crippen LogP contribution in [0.1, 0.15) is 64.2 Å². The molecule has 0 aromatic rings. The Hall–Kier alpha value is -0.0500. The monoisotopic (exact) mass is 355 g/mol. The van der Waals surface area contributed by atoms with Crippen molar-refractivity contribution in [3.05, 3.63) is 0 Å². The van der Waals surface area contributed by atoms with Gasteiger partial charge in [0.2, 0.25) is 5.91 Å². The molecule has 21 heavy (non-hydrogen) atoms. The molecule has 0 heterocycles. The summed E-state index contributed by atoms with van der Waals surface area (Å²) in [5.74, 6) is 3.95. The number of rotatable bonds is 4. The SMILES string of the molecule is O=C(NCC1CCCC1CBr)C1CCC2CCCCC2C1. The van der Waals surface area contributed by atoms with Crippen molar-refractivity contribution in [2.75, 3.05) is 11.9 Å². The van der Waals surface area contributed by atoms with Crippen molar-refractivity contribution < 1.29 is 4.79 Å². The summed E-state index contributed by atoms with van der Waals surface area (Å²) in [4.78, 5) is 12.5. The maximum Gasteiger partial charge on any atom is 0.223 e. The highest BCUT2D eigenvalue weighted by Crippen LogP contribution is 2.42. The van der Waals surface area contributed by atoms with Gasteiger partial charge in [0.15, 0.2) is 0 Å². The van der Waals surface area contributed by atoms with Crippen LogP contribution in [0, 0.1) is 29.6 Å². The number of alkyl halides is 1. The van der Waals surface area contributed by atoms with Crippen LogP contribution in [0.25, 0.3) is 0 Å². The van der Waals surface area contributed by atoms with Gasteiger partial charge in [0, 0.05) is 17.8 Å². The van der Waals surface area contributed by atoms with E-state index in [1.165, 1.54) is 57.8 Å². The van der Waals surface area contributed by atoms with Crippen LogP contribution in [0.2, 0.25) is 0 Å². The number of nitrogens with one attached hydrogen (secondary N) is 1. The average molecular weight is 356 g/mol. The first-order valence-corrected chi connectivity index (χ1v) is 10.2. The summed E-state index contributed by atoms with van der Waals surface area (Å²) in [6, 6.07) is 0. The van der Waals surface area contributed by atoms with Crippen molar-refractivity contribution in [1.82, 2.24) is 5.32 Å². The van der Waals surface area contributed by atoms with Gasteiger partial charge >= 0.3 is 0 Å². The van der Waals surface area contributed by atoms with Crippen LogP contribution in [0.3, 0.4) is 0 Å². The molecule has 3 saturated carbocycles. The van der Waals surface area contributed by atoms with Gasteiger partial charge in [0.25, 0.3) is 0 Å². The smallest absolute Gasteiger partial charge is 0.223 e. The molecule has 0 aromatic heterocycles. The van der Waals surface area contributed by atoms with Crippen molar-refractivity contribution in [3.63, 3.8) is 0 Å². The van der Waals surface area contributed by atoms with Gasteiger partial charge in [-0.05, 0) is 55.8 Å². The molecule has 120 valence electrons. The van der Waals surface area contributed by atoms with Crippen molar-refractivity contribution in [1.29, 1.82) is 0 Å². The molecule has 0 aromatic carbocycles. The molecular weight excluding hydrogens is 326 g/mol. The highest BCUT2D eigenvalue weighted by Gasteiger charge is 2.35. The van der Waals surface area contributed by atoms with Crippen LogP contribution in [-0.4, -0.2) is 17.8 Å². The topological polar surface area (TPSA) is 29.1 Å². The predicted molar refractivity (Wildman–Crippen MR) is 90.4 cm³/mol. The number of carbonyl (C=O) groups excluding carboxylic acids is 1. The lowest BCUT2D eigenvalue weighted by molar-refractivity contribution is -0.127. The molecular formula is C18H30BrNO. The molecule has 3 rings (SSSR count). The van der Waals surface area contributed by atoms with E-state index in [0.717, 1.165) is 36.0 Å². The fourth-order valence-corrected chi connectivity index (χ4v) is 5.93. The second-order valence-corrected chi connectivity index (χ2v) is 8.31. The summed E-state index contributed by atoms with van der Waals surface area (Å²) in [5.41, 5.74) is 0. The number of hydrogen-bond acceptors (Lipinski definition) is 1. The maximum absolute atomic E-state index is 12.5. The van der Waals surface area contributed by atoms with E-state index in [-0.39, 0.29) is 0 Å². The van der Waals surface area contributed by atoms with Gasteiger partial charge in [-0.25, -0.2) is 0 Å². The van der Waals surface area contributed by atoms with E-state index in [9.17, 15) is 4.79 Å². The Labute approximate surface area is 138 Å². The minimum atomic E-state index is 0.313. The van der Waals surface area contributed by atoms with E-state index in [0.29, 0.717) is 17.7 Å². The van der Waals surface area contributed by atoms with Gasteiger partial charge in [0.05, 0.1) is 0 Å². The summed E-state index contributed by atoms with van der Waals surface area (Å²) in [6.07, 6.45) is 13.2. The molecule has 0 radical (unpaired) electrons. The van der Waals surface area contributed by atoms with Crippen LogP contribution < -0.4 is 5.32 Å². The highest BCUT2D eigenvalue weighted by molar-refractivity contribution is 9.09. The van der Waals surface area contributed by atoms with E-state index in [2.05, 4.69) is 21.2 Å². The zero-order valence-corrected chi connectivity index (χ0v) is 14.7. The molecule has 3 aliphatic carbocycles. The van der Waals surface area contributed by atoms with Crippen LogP contribution >= 0.6 is 15.9 Å². The Kier molecular flexibility index (Phi) is 5.64. The van der Waals surface area contributed by atoms with Crippen LogP contribution in [-0.2, 0) is 4.79 Å². The number of fused-ring (bicyclic) bond motifs is 1. The Morgan fingerprint density at radius 1 is 0.905 bits per heavy atom. The Balaban J connectivity index is 1.45. The lowest BCUT2D eigenvalue weighted by Crippen LogP contribution is -2.39. The predicted octanol–water partition coefficient (Wildman–Crippen LogP) is 4.52. The summed E-state index contributed by atoms with van der Waals surface area (Å²) in [5, 5.41) is 4.39. The maximum atomic E-state index is 12.5. The summed E-state index contributed by atoms with van der Waals surface area (Å²) in [6.45, 7) is 0.916. The lowest BCUT2D eigenvalue weighted by atomic mass is 9.67. The Morgan fingerprint density at radius 2 is 1.67 bits per heavy atom. The molecule has 0 spiro atoms. The zero-order valence-electron chi connectivity index (χ0n) is 13.2. The molecule has 5 unspecified atom stereocenters. The fourth-order valence-electron chi connectivity index (χ4n) is 5.07. The first-order chi connectivity index (χ1) is 10.3. The average Bonchev–Trinajstić information content (AvgIpc) is 2.99. The van der Waals surface area contributed by atoms with E-state index in [1.54, 1.807) is 0 Å². The Bertz CT molecular complexity index is 359. The molecule has 0 aliphatic heterocycles. The van der Waals surface area contributed by atoms with E-state index >= 15 is 0 Å². The highest BCUT2D eigenvalue weighted by atomic mass is 79.9. The molecule has 2 nitrogen and oxygen atoms in total. The van der Waals surface area contributed by atoms with Gasteiger partial charge in [-0.1, -0.05) is 48.0 Å². The van der Waals surface area contributed by atoms with Gasteiger partial charge in [-0.2, -0.15) is 0 Å². The molecule has 5 atom stereocenters. The molecule has 3 aliphatic rings. The number of halogens is 1. The van der Waals surface area contributed by atoms with Gasteiger partial charge in [-0.15, -0.1) is 0 Å². The molecule has 0 saturated heterocycles. The van der Waals surface area contributed by atoms with Crippen molar-refractivity contribution in [3.8, 4) is 0 Å². The second-order valence-electron chi connectivity index (χ2n) is 7.67. The molecule has 3 fully saturated rings. The van der Waals surface area contributed by atoms with Crippen LogP contribution in [0.15, 0.2) is 0 Å². The molecule has 1 amide bonds. The summed E-state index contributed by atoms with van der Waals surface area (Å²) in [7, 11) is 0. The summed E-state index contributed by atoms with van der Waals surface area (Å²) >= 11 is 3.63. The third kappa shape index (κ3) is 3.83. The van der Waals surface area contributed by atoms with Crippen LogP contribution in [0.5, 0.6) is 0 Å². The first-order valence-electron chi connectivity index (χ1n) is 9.11. The van der Waals surface area contributed by atoms with E-state index < -0.39 is 0 Å². The van der Waals surface area contributed by atoms with Crippen LogP contribution in [0.4, 0.5) is 0 Å². The third-order valence-electron chi connectivity index (χ3n) is 6.46. The standard InChI is InChI=1S/C18H30BrNO/c19-11-16-6-3-7-17(16)12-20-18(21)15-9-8-13-4-1-2-5-14(13)10-15/h13-17H,1-12H2,(H,20,21). The third-order valence-corrected chi connectivity index (χ3v) is 7.30. The molecule has 0 bridgehead atoms. The second kappa shape index (κ2) is 7.48. The van der Waals surface area contributed by atoms with Crippen molar-refractivity contribution in [2.45, 2.75) is 64.2 Å². The minimum absolute atomic E-state index is 0.313. The Morgan fingerprint density at radius 3 is 2.48 bits per heavy atom. The normalized spacial score (nSPS) is 39.8. The minimum Gasteiger partial charge on any atom is -0.356 e. The largest absolute Gasteiger partial charge is 0.356 e. The molecule has 1 N–H and O–H groups in total. The van der Waals surface area contributed by atoms with E-state index in [1.807, 2.05) is 0 Å². The fraction of sp³-hybridized carbons (Fsp3) is 0.944. The first kappa shape index (κ1) is 15.8. The van der Waals surface area contributed by atoms with Crippen molar-refractivity contribution >= 4 is 21.8 Å². The van der Waals surface area contributed by atoms with Gasteiger partial charge in [-0.3, -0.25) is 4.79 Å². The lowest BCUT2D eigenvalue weighted by Gasteiger charge is -2.38. The number of hydrogen-bond donors (Lipinski definition) is 1. The van der Waals surface area contributed by atoms with Gasteiger partial charge in [0.1, 0.15) is 0 Å². The van der Waals surface area contributed by atoms with E-state index in [4.69, 9.17) is 0 Å².